The van der Waals surface area contributed by atoms with Crippen LogP contribution in [0.3, 0.4) is 0 Å². The second kappa shape index (κ2) is 7.29. The molecule has 1 saturated heterocycles. The predicted molar refractivity (Wildman–Crippen MR) is 95.9 cm³/mol. The highest BCUT2D eigenvalue weighted by atomic mass is 32.2. The molecule has 0 amide bonds. The predicted octanol–water partition coefficient (Wildman–Crippen LogP) is 2.25. The molecule has 3 rings (SSSR count). The van der Waals surface area contributed by atoms with Crippen LogP contribution in [0.4, 0.5) is 10.1 Å². The van der Waals surface area contributed by atoms with Gasteiger partial charge in [-0.3, -0.25) is 0 Å². The molecule has 2 aliphatic heterocycles. The van der Waals surface area contributed by atoms with Gasteiger partial charge in [0, 0.05) is 25.1 Å². The molecular weight excluding hydrogens is 345 g/mol. The Hall–Kier alpha value is -1.67. The first-order valence-corrected chi connectivity index (χ1v) is 10.2. The van der Waals surface area contributed by atoms with Gasteiger partial charge in [-0.05, 0) is 38.8 Å². The second-order valence-corrected chi connectivity index (χ2v) is 9.09. The van der Waals surface area contributed by atoms with Crippen molar-refractivity contribution in [3.63, 3.8) is 0 Å². The highest BCUT2D eigenvalue weighted by molar-refractivity contribution is 7.90. The standard InChI is InChI=1S/C17H24FN3O3S/c1-12(2)25(22,23)19-11-14-10-16(20-24-14)13-5-6-17(15(18)9-13)21-7-3-4-8-21/h5-6,9,12,14,19H,3-4,7-8,10-11H2,1-2H3. The number of nitrogens with zero attached hydrogens (tertiary/aromatic N) is 2. The normalized spacial score (nSPS) is 20.9. The Morgan fingerprint density at radius 3 is 2.72 bits per heavy atom. The summed E-state index contributed by atoms with van der Waals surface area (Å²) >= 11 is 0. The number of sulfonamides is 1. The van der Waals surface area contributed by atoms with Crippen molar-refractivity contribution in [3.05, 3.63) is 29.6 Å². The quantitative estimate of drug-likeness (QED) is 0.835. The van der Waals surface area contributed by atoms with E-state index in [-0.39, 0.29) is 18.5 Å². The summed E-state index contributed by atoms with van der Waals surface area (Å²) in [5.74, 6) is -0.258. The van der Waals surface area contributed by atoms with Crippen molar-refractivity contribution in [2.75, 3.05) is 24.5 Å². The molecule has 1 N–H and O–H groups in total. The molecule has 1 fully saturated rings. The summed E-state index contributed by atoms with van der Waals surface area (Å²) in [7, 11) is -3.34. The third kappa shape index (κ3) is 4.12. The average Bonchev–Trinajstić information content (AvgIpc) is 3.24. The van der Waals surface area contributed by atoms with Gasteiger partial charge in [0.25, 0.3) is 0 Å². The summed E-state index contributed by atoms with van der Waals surface area (Å²) < 4.78 is 40.5. The van der Waals surface area contributed by atoms with Crippen LogP contribution in [0.2, 0.25) is 0 Å². The molecule has 0 aliphatic carbocycles. The van der Waals surface area contributed by atoms with Crippen LogP contribution in [0.15, 0.2) is 23.4 Å². The molecular formula is C17H24FN3O3S. The molecule has 0 aromatic heterocycles. The van der Waals surface area contributed by atoms with Gasteiger partial charge < -0.3 is 9.74 Å². The number of hydrogen-bond acceptors (Lipinski definition) is 5. The van der Waals surface area contributed by atoms with Crippen molar-refractivity contribution < 1.29 is 17.6 Å². The van der Waals surface area contributed by atoms with Crippen LogP contribution in [0.1, 0.15) is 38.7 Å². The molecule has 138 valence electrons. The van der Waals surface area contributed by atoms with Crippen LogP contribution in [0.5, 0.6) is 0 Å². The van der Waals surface area contributed by atoms with Crippen molar-refractivity contribution in [2.24, 2.45) is 5.16 Å². The van der Waals surface area contributed by atoms with E-state index in [0.29, 0.717) is 23.4 Å². The fourth-order valence-electron chi connectivity index (χ4n) is 2.98. The fourth-order valence-corrected chi connectivity index (χ4v) is 3.74. The molecule has 1 aromatic carbocycles. The van der Waals surface area contributed by atoms with E-state index in [9.17, 15) is 12.8 Å². The number of anilines is 1. The molecule has 0 radical (unpaired) electrons. The van der Waals surface area contributed by atoms with Gasteiger partial charge in [-0.15, -0.1) is 0 Å². The molecule has 2 aliphatic rings. The Morgan fingerprint density at radius 2 is 2.08 bits per heavy atom. The van der Waals surface area contributed by atoms with Crippen LogP contribution in [-0.2, 0) is 14.9 Å². The average molecular weight is 369 g/mol. The van der Waals surface area contributed by atoms with Crippen LogP contribution in [0.25, 0.3) is 0 Å². The van der Waals surface area contributed by atoms with Crippen molar-refractivity contribution in [1.82, 2.24) is 4.72 Å². The molecule has 0 bridgehead atoms. The van der Waals surface area contributed by atoms with E-state index >= 15 is 0 Å². The molecule has 8 heteroatoms. The largest absolute Gasteiger partial charge is 0.390 e. The Bertz CT molecular complexity index is 758. The van der Waals surface area contributed by atoms with E-state index in [0.717, 1.165) is 25.9 Å². The minimum Gasteiger partial charge on any atom is -0.390 e. The zero-order chi connectivity index (χ0) is 18.0. The number of halogens is 1. The van der Waals surface area contributed by atoms with E-state index in [4.69, 9.17) is 4.84 Å². The van der Waals surface area contributed by atoms with E-state index < -0.39 is 15.3 Å². The molecule has 1 unspecified atom stereocenters. The Morgan fingerprint density at radius 1 is 1.36 bits per heavy atom. The first-order valence-electron chi connectivity index (χ1n) is 8.63. The summed E-state index contributed by atoms with van der Waals surface area (Å²) in [6.45, 7) is 5.16. The molecule has 6 nitrogen and oxygen atoms in total. The molecule has 0 saturated carbocycles. The van der Waals surface area contributed by atoms with E-state index in [1.54, 1.807) is 19.9 Å². The number of benzene rings is 1. The van der Waals surface area contributed by atoms with Gasteiger partial charge in [0.1, 0.15) is 11.9 Å². The summed E-state index contributed by atoms with van der Waals surface area (Å²) in [5, 5.41) is 3.50. The maximum atomic E-state index is 14.4. The van der Waals surface area contributed by atoms with E-state index in [1.807, 2.05) is 6.07 Å². The lowest BCUT2D eigenvalue weighted by Crippen LogP contribution is -2.36. The summed E-state index contributed by atoms with van der Waals surface area (Å²) in [6, 6.07) is 5.11. The fraction of sp³-hybridized carbons (Fsp3) is 0.588. The van der Waals surface area contributed by atoms with Gasteiger partial charge in [-0.1, -0.05) is 11.2 Å². The van der Waals surface area contributed by atoms with Crippen molar-refractivity contribution in [2.45, 2.75) is 44.5 Å². The molecule has 1 atom stereocenters. The first-order chi connectivity index (χ1) is 11.9. The van der Waals surface area contributed by atoms with Gasteiger partial charge in [0.05, 0.1) is 23.2 Å². The summed E-state index contributed by atoms with van der Waals surface area (Å²) in [5.41, 5.74) is 1.94. The number of nitrogens with one attached hydrogen (secondary N) is 1. The number of rotatable bonds is 6. The zero-order valence-corrected chi connectivity index (χ0v) is 15.4. The zero-order valence-electron chi connectivity index (χ0n) is 14.5. The molecule has 0 spiro atoms. The van der Waals surface area contributed by atoms with Crippen molar-refractivity contribution >= 4 is 21.4 Å². The van der Waals surface area contributed by atoms with Crippen LogP contribution < -0.4 is 9.62 Å². The topological polar surface area (TPSA) is 71.0 Å². The SMILES string of the molecule is CC(C)S(=O)(=O)NCC1CC(c2ccc(N3CCCC3)c(F)c2)=NO1. The number of hydrogen-bond donors (Lipinski definition) is 1. The lowest BCUT2D eigenvalue weighted by Gasteiger charge is -2.18. The summed E-state index contributed by atoms with van der Waals surface area (Å²) in [6.07, 6.45) is 2.26. The molecule has 2 heterocycles. The third-order valence-corrected chi connectivity index (χ3v) is 6.40. The Kier molecular flexibility index (Phi) is 5.29. The van der Waals surface area contributed by atoms with Gasteiger partial charge in [0.2, 0.25) is 10.0 Å². The third-order valence-electron chi connectivity index (χ3n) is 4.59. The maximum Gasteiger partial charge on any atom is 0.214 e. The minimum atomic E-state index is -3.34. The second-order valence-electron chi connectivity index (χ2n) is 6.77. The molecule has 1 aromatic rings. The molecule has 25 heavy (non-hydrogen) atoms. The van der Waals surface area contributed by atoms with Crippen molar-refractivity contribution in [1.29, 1.82) is 0 Å². The number of oxime groups is 1. The highest BCUT2D eigenvalue weighted by Crippen LogP contribution is 2.26. The monoisotopic (exact) mass is 369 g/mol. The smallest absolute Gasteiger partial charge is 0.214 e. The Balaban J connectivity index is 1.61. The van der Waals surface area contributed by atoms with E-state index in [1.165, 1.54) is 6.07 Å². The summed E-state index contributed by atoms with van der Waals surface area (Å²) in [4.78, 5) is 7.34. The lowest BCUT2D eigenvalue weighted by atomic mass is 10.0. The first kappa shape index (κ1) is 18.1. The van der Waals surface area contributed by atoms with Gasteiger partial charge in [-0.2, -0.15) is 0 Å². The van der Waals surface area contributed by atoms with Crippen LogP contribution >= 0.6 is 0 Å². The van der Waals surface area contributed by atoms with Gasteiger partial charge in [-0.25, -0.2) is 17.5 Å². The van der Waals surface area contributed by atoms with Gasteiger partial charge >= 0.3 is 0 Å². The van der Waals surface area contributed by atoms with Crippen molar-refractivity contribution in [3.8, 4) is 0 Å². The maximum absolute atomic E-state index is 14.4. The van der Waals surface area contributed by atoms with E-state index in [2.05, 4.69) is 14.8 Å². The van der Waals surface area contributed by atoms with Gasteiger partial charge in [0.15, 0.2) is 0 Å². The Labute approximate surface area is 148 Å². The van der Waals surface area contributed by atoms with Crippen LogP contribution in [0, 0.1) is 5.82 Å². The minimum absolute atomic E-state index is 0.155. The lowest BCUT2D eigenvalue weighted by molar-refractivity contribution is 0.0891. The van der Waals surface area contributed by atoms with Crippen LogP contribution in [-0.4, -0.2) is 45.1 Å². The highest BCUT2D eigenvalue weighted by Gasteiger charge is 2.26.